The van der Waals surface area contributed by atoms with Gasteiger partial charge in [-0.25, -0.2) is 18.6 Å². The molecule has 0 atom stereocenters. The van der Waals surface area contributed by atoms with Crippen molar-refractivity contribution in [3.05, 3.63) is 0 Å². The Hall–Kier alpha value is -0.660. The normalized spacial score (nSPS) is 19.0. The quantitative estimate of drug-likeness (QED) is 0.418. The van der Waals surface area contributed by atoms with Crippen LogP contribution in [0.25, 0.3) is 0 Å². The van der Waals surface area contributed by atoms with E-state index in [-0.39, 0.29) is 5.75 Å². The molecule has 0 aliphatic carbocycles. The van der Waals surface area contributed by atoms with Crippen molar-refractivity contribution in [3.8, 4) is 0 Å². The number of hydrazine groups is 1. The second-order valence-corrected chi connectivity index (χ2v) is 7.04. The van der Waals surface area contributed by atoms with Crippen molar-refractivity contribution in [1.29, 1.82) is 0 Å². The summed E-state index contributed by atoms with van der Waals surface area (Å²) < 4.78 is 25.7. The summed E-state index contributed by atoms with van der Waals surface area (Å²) in [6, 6.07) is 0. The molecular formula is C10H21N3O3S. The number of carbonyl (C=O) groups is 1. The van der Waals surface area contributed by atoms with Gasteiger partial charge < -0.3 is 0 Å². The average molecular weight is 263 g/mol. The van der Waals surface area contributed by atoms with Gasteiger partial charge in [0.1, 0.15) is 0 Å². The number of hydrogen-bond acceptors (Lipinski definition) is 4. The van der Waals surface area contributed by atoms with E-state index in [1.165, 1.54) is 4.31 Å². The minimum absolute atomic E-state index is 0.205. The molecule has 0 aromatic heterocycles. The third-order valence-corrected chi connectivity index (χ3v) is 5.24. The number of hydrogen-bond donors (Lipinski definition) is 2. The summed E-state index contributed by atoms with van der Waals surface area (Å²) in [5, 5.41) is 0. The largest absolute Gasteiger partial charge is 0.294 e. The highest BCUT2D eigenvalue weighted by atomic mass is 32.2. The minimum Gasteiger partial charge on any atom is -0.294 e. The Labute approximate surface area is 103 Å². The number of sulfonamides is 1. The number of nitrogens with zero attached hydrogens (tertiary/aromatic N) is 1. The molecule has 0 bridgehead atoms. The molecule has 0 radical (unpaired) electrons. The summed E-state index contributed by atoms with van der Waals surface area (Å²) in [6.07, 6.45) is 2.85. The van der Waals surface area contributed by atoms with Crippen molar-refractivity contribution in [2.45, 2.75) is 33.1 Å². The Kier molecular flexibility index (Phi) is 4.51. The van der Waals surface area contributed by atoms with Gasteiger partial charge in [0.15, 0.2) is 0 Å². The number of nitrogens with one attached hydrogen (secondary N) is 1. The van der Waals surface area contributed by atoms with Gasteiger partial charge in [-0.05, 0) is 26.7 Å². The maximum Gasteiger partial charge on any atom is 0.240 e. The van der Waals surface area contributed by atoms with Crippen molar-refractivity contribution in [1.82, 2.24) is 9.73 Å². The van der Waals surface area contributed by atoms with E-state index in [1.54, 1.807) is 13.8 Å². The SMILES string of the molecule is CC(C)(CS(=O)(=O)N1CCCCC1)C(=O)NN. The number of carbonyl (C=O) groups excluding carboxylic acids is 1. The van der Waals surface area contributed by atoms with E-state index in [1.807, 2.05) is 5.43 Å². The standard InChI is InChI=1S/C10H21N3O3S/c1-10(2,9(14)12-11)8-17(15,16)13-6-4-3-5-7-13/h3-8,11H2,1-2H3,(H,12,14). The highest BCUT2D eigenvalue weighted by Gasteiger charge is 2.36. The molecule has 1 fully saturated rings. The molecule has 100 valence electrons. The second kappa shape index (κ2) is 5.32. The molecule has 3 N–H and O–H groups in total. The lowest BCUT2D eigenvalue weighted by Gasteiger charge is -2.30. The van der Waals surface area contributed by atoms with Crippen LogP contribution in [0.4, 0.5) is 0 Å². The topological polar surface area (TPSA) is 92.5 Å². The van der Waals surface area contributed by atoms with Crippen LogP contribution < -0.4 is 11.3 Å². The molecule has 7 heteroatoms. The first-order valence-corrected chi connectivity index (χ1v) is 7.39. The molecule has 1 amide bonds. The summed E-state index contributed by atoms with van der Waals surface area (Å²) in [6.45, 7) is 4.28. The predicted octanol–water partition coefficient (Wildman–Crippen LogP) is -0.182. The van der Waals surface area contributed by atoms with Crippen LogP contribution in [0.15, 0.2) is 0 Å². The summed E-state index contributed by atoms with van der Waals surface area (Å²) in [4.78, 5) is 11.5. The van der Waals surface area contributed by atoms with Gasteiger partial charge in [0.05, 0.1) is 11.2 Å². The second-order valence-electron chi connectivity index (χ2n) is 5.07. The van der Waals surface area contributed by atoms with E-state index in [2.05, 4.69) is 0 Å². The molecule has 0 saturated carbocycles. The Bertz CT molecular complexity index is 372. The first kappa shape index (κ1) is 14.4. The van der Waals surface area contributed by atoms with Crippen molar-refractivity contribution in [2.24, 2.45) is 11.3 Å². The highest BCUT2D eigenvalue weighted by molar-refractivity contribution is 7.89. The molecule has 1 saturated heterocycles. The van der Waals surface area contributed by atoms with E-state index in [0.717, 1.165) is 19.3 Å². The molecule has 1 aliphatic heterocycles. The first-order valence-electron chi connectivity index (χ1n) is 5.78. The van der Waals surface area contributed by atoms with Crippen LogP contribution in [0.1, 0.15) is 33.1 Å². The van der Waals surface area contributed by atoms with Gasteiger partial charge in [-0.3, -0.25) is 10.2 Å². The van der Waals surface area contributed by atoms with E-state index >= 15 is 0 Å². The van der Waals surface area contributed by atoms with E-state index in [0.29, 0.717) is 13.1 Å². The molecular weight excluding hydrogens is 242 g/mol. The maximum atomic E-state index is 12.1. The van der Waals surface area contributed by atoms with Gasteiger partial charge >= 0.3 is 0 Å². The lowest BCUT2D eigenvalue weighted by molar-refractivity contribution is -0.128. The van der Waals surface area contributed by atoms with E-state index < -0.39 is 21.3 Å². The van der Waals surface area contributed by atoms with Gasteiger partial charge in [0, 0.05) is 13.1 Å². The summed E-state index contributed by atoms with van der Waals surface area (Å²) in [5.74, 6) is 4.38. The zero-order chi connectivity index (χ0) is 13.1. The van der Waals surface area contributed by atoms with Crippen LogP contribution in [0.2, 0.25) is 0 Å². The number of rotatable bonds is 4. The molecule has 0 aromatic carbocycles. The third-order valence-electron chi connectivity index (χ3n) is 3.00. The molecule has 6 nitrogen and oxygen atoms in total. The van der Waals surface area contributed by atoms with Gasteiger partial charge in [-0.2, -0.15) is 0 Å². The summed E-state index contributed by atoms with van der Waals surface area (Å²) >= 11 is 0. The van der Waals surface area contributed by atoms with Gasteiger partial charge in [0.25, 0.3) is 0 Å². The Morgan fingerprint density at radius 1 is 1.29 bits per heavy atom. The van der Waals surface area contributed by atoms with Crippen LogP contribution in [-0.2, 0) is 14.8 Å². The monoisotopic (exact) mass is 263 g/mol. The van der Waals surface area contributed by atoms with Gasteiger partial charge in [-0.15, -0.1) is 0 Å². The minimum atomic E-state index is -3.38. The fourth-order valence-corrected chi connectivity index (χ4v) is 3.99. The van der Waals surface area contributed by atoms with Crippen LogP contribution in [0.3, 0.4) is 0 Å². The third kappa shape index (κ3) is 3.65. The van der Waals surface area contributed by atoms with Crippen molar-refractivity contribution < 1.29 is 13.2 Å². The van der Waals surface area contributed by atoms with E-state index in [4.69, 9.17) is 5.84 Å². The molecule has 1 rings (SSSR count). The predicted molar refractivity (Wildman–Crippen MR) is 65.3 cm³/mol. The van der Waals surface area contributed by atoms with Crippen LogP contribution in [0.5, 0.6) is 0 Å². The summed E-state index contributed by atoms with van der Waals surface area (Å²) in [7, 11) is -3.38. The zero-order valence-electron chi connectivity index (χ0n) is 10.4. The number of piperidine rings is 1. The van der Waals surface area contributed by atoms with Crippen LogP contribution >= 0.6 is 0 Å². The molecule has 1 aliphatic rings. The fourth-order valence-electron chi connectivity index (χ4n) is 1.95. The molecule has 0 aromatic rings. The van der Waals surface area contributed by atoms with Crippen molar-refractivity contribution in [2.75, 3.05) is 18.8 Å². The smallest absolute Gasteiger partial charge is 0.240 e. The van der Waals surface area contributed by atoms with Crippen molar-refractivity contribution in [3.63, 3.8) is 0 Å². The van der Waals surface area contributed by atoms with Crippen LogP contribution in [-0.4, -0.2) is 37.5 Å². The average Bonchev–Trinajstić information content (AvgIpc) is 2.27. The molecule has 0 unspecified atom stereocenters. The molecule has 1 heterocycles. The lowest BCUT2D eigenvalue weighted by atomic mass is 9.96. The van der Waals surface area contributed by atoms with Gasteiger partial charge in [-0.1, -0.05) is 6.42 Å². The molecule has 17 heavy (non-hydrogen) atoms. The van der Waals surface area contributed by atoms with E-state index in [9.17, 15) is 13.2 Å². The maximum absolute atomic E-state index is 12.1. The fraction of sp³-hybridized carbons (Fsp3) is 0.900. The lowest BCUT2D eigenvalue weighted by Crippen LogP contribution is -2.48. The van der Waals surface area contributed by atoms with Crippen molar-refractivity contribution >= 4 is 15.9 Å². The molecule has 0 spiro atoms. The first-order chi connectivity index (χ1) is 7.79. The highest BCUT2D eigenvalue weighted by Crippen LogP contribution is 2.22. The Balaban J connectivity index is 2.74. The Morgan fingerprint density at radius 2 is 1.82 bits per heavy atom. The summed E-state index contributed by atoms with van der Waals surface area (Å²) in [5.41, 5.74) is 1.000. The van der Waals surface area contributed by atoms with Gasteiger partial charge in [0.2, 0.25) is 15.9 Å². The number of nitrogens with two attached hydrogens (primary N) is 1. The zero-order valence-corrected chi connectivity index (χ0v) is 11.2. The Morgan fingerprint density at radius 3 is 2.29 bits per heavy atom. The van der Waals surface area contributed by atoms with Crippen LogP contribution in [0, 0.1) is 5.41 Å². The number of amides is 1.